The Labute approximate surface area is 96.1 Å². The third-order valence-electron chi connectivity index (χ3n) is 1.81. The first-order valence-electron chi connectivity index (χ1n) is 4.20. The molecule has 2 aromatic rings. The van der Waals surface area contributed by atoms with Gasteiger partial charge in [0.15, 0.2) is 0 Å². The number of hydrogen-bond donors (Lipinski definition) is 2. The maximum absolute atomic E-state index is 9.40. The lowest BCUT2D eigenvalue weighted by atomic mass is 10.4. The van der Waals surface area contributed by atoms with Crippen LogP contribution in [0.1, 0.15) is 0 Å². The van der Waals surface area contributed by atoms with Crippen LogP contribution in [0.3, 0.4) is 0 Å². The molecule has 0 radical (unpaired) electrons. The molecule has 78 valence electrons. The molecule has 5 heteroatoms. The molecule has 15 heavy (non-hydrogen) atoms. The van der Waals surface area contributed by atoms with E-state index >= 15 is 0 Å². The van der Waals surface area contributed by atoms with Gasteiger partial charge in [0.25, 0.3) is 0 Å². The van der Waals surface area contributed by atoms with Crippen LogP contribution in [0.2, 0.25) is 5.02 Å². The van der Waals surface area contributed by atoms with E-state index in [4.69, 9.17) is 11.6 Å². The fourth-order valence-corrected chi connectivity index (χ4v) is 2.00. The minimum atomic E-state index is 0.00690. The molecule has 0 aliphatic heterocycles. The Bertz CT molecular complexity index is 447. The highest BCUT2D eigenvalue weighted by Crippen LogP contribution is 2.32. The number of nitrogens with zero attached hydrogens (tertiary/aromatic N) is 1. The molecule has 2 N–H and O–H groups in total. The van der Waals surface area contributed by atoms with Gasteiger partial charge in [0.1, 0.15) is 0 Å². The van der Waals surface area contributed by atoms with Gasteiger partial charge in [-0.1, -0.05) is 11.6 Å². The van der Waals surface area contributed by atoms with Crippen molar-refractivity contribution in [3.8, 4) is 11.8 Å². The molecular formula is C10H8ClNO2S. The maximum atomic E-state index is 9.40. The molecule has 0 atom stereocenters. The number of aromatic hydroxyl groups is 2. The summed E-state index contributed by atoms with van der Waals surface area (Å²) in [7, 11) is 0. The molecule has 1 heterocycles. The SMILES string of the molecule is Oc1ccc(O)n1Sc1ccc(Cl)cc1. The van der Waals surface area contributed by atoms with Crippen LogP contribution in [-0.4, -0.2) is 14.2 Å². The zero-order chi connectivity index (χ0) is 10.8. The van der Waals surface area contributed by atoms with Crippen LogP contribution in [0.15, 0.2) is 41.3 Å². The molecule has 0 fully saturated rings. The van der Waals surface area contributed by atoms with E-state index in [0.29, 0.717) is 5.02 Å². The summed E-state index contributed by atoms with van der Waals surface area (Å²) in [4.78, 5) is 0.876. The molecule has 1 aromatic heterocycles. The van der Waals surface area contributed by atoms with Gasteiger partial charge in [-0.2, -0.15) is 0 Å². The van der Waals surface area contributed by atoms with Gasteiger partial charge in [-0.3, -0.25) is 0 Å². The second-order valence-corrected chi connectivity index (χ2v) is 4.34. The van der Waals surface area contributed by atoms with Crippen molar-refractivity contribution in [2.45, 2.75) is 4.90 Å². The first-order valence-corrected chi connectivity index (χ1v) is 5.35. The summed E-state index contributed by atoms with van der Waals surface area (Å²) in [5, 5.41) is 19.5. The van der Waals surface area contributed by atoms with Crippen LogP contribution >= 0.6 is 23.5 Å². The van der Waals surface area contributed by atoms with Gasteiger partial charge in [-0.05, 0) is 36.2 Å². The van der Waals surface area contributed by atoms with Gasteiger partial charge in [-0.15, -0.1) is 0 Å². The van der Waals surface area contributed by atoms with Crippen LogP contribution in [0.25, 0.3) is 0 Å². The molecule has 3 nitrogen and oxygen atoms in total. The molecular weight excluding hydrogens is 234 g/mol. The summed E-state index contributed by atoms with van der Waals surface area (Å²) in [6.07, 6.45) is 0. The van der Waals surface area contributed by atoms with E-state index in [1.807, 2.05) is 12.1 Å². The summed E-state index contributed by atoms with van der Waals surface area (Å²) in [6, 6.07) is 9.98. The van der Waals surface area contributed by atoms with Crippen molar-refractivity contribution in [1.82, 2.24) is 3.97 Å². The van der Waals surface area contributed by atoms with Gasteiger partial charge in [0.2, 0.25) is 11.8 Å². The van der Waals surface area contributed by atoms with Crippen LogP contribution < -0.4 is 0 Å². The Morgan fingerprint density at radius 1 is 0.933 bits per heavy atom. The zero-order valence-corrected chi connectivity index (χ0v) is 9.16. The Balaban J connectivity index is 2.25. The summed E-state index contributed by atoms with van der Waals surface area (Å²) in [5.41, 5.74) is 0. The molecule has 0 spiro atoms. The minimum absolute atomic E-state index is 0.00690. The van der Waals surface area contributed by atoms with Crippen molar-refractivity contribution in [2.75, 3.05) is 0 Å². The number of halogens is 1. The maximum Gasteiger partial charge on any atom is 0.204 e. The Morgan fingerprint density at radius 2 is 1.47 bits per heavy atom. The zero-order valence-electron chi connectivity index (χ0n) is 7.59. The Hall–Kier alpha value is -1.26. The average Bonchev–Trinajstić information content (AvgIpc) is 2.53. The van der Waals surface area contributed by atoms with Gasteiger partial charge in [0.05, 0.1) is 0 Å². The Kier molecular flexibility index (Phi) is 2.79. The fraction of sp³-hybridized carbons (Fsp3) is 0. The smallest absolute Gasteiger partial charge is 0.204 e. The fourth-order valence-electron chi connectivity index (χ4n) is 1.10. The van der Waals surface area contributed by atoms with Crippen LogP contribution in [0, 0.1) is 0 Å². The lowest BCUT2D eigenvalue weighted by Crippen LogP contribution is -1.84. The van der Waals surface area contributed by atoms with Crippen LogP contribution in [0.5, 0.6) is 11.8 Å². The van der Waals surface area contributed by atoms with Gasteiger partial charge in [-0.25, -0.2) is 3.97 Å². The van der Waals surface area contributed by atoms with Crippen LogP contribution in [-0.2, 0) is 0 Å². The predicted molar refractivity (Wildman–Crippen MR) is 60.5 cm³/mol. The Morgan fingerprint density at radius 3 is 2.00 bits per heavy atom. The van der Waals surface area contributed by atoms with Gasteiger partial charge < -0.3 is 10.2 Å². The van der Waals surface area contributed by atoms with E-state index in [9.17, 15) is 10.2 Å². The molecule has 0 saturated carbocycles. The summed E-state index contributed by atoms with van der Waals surface area (Å²) in [6.45, 7) is 0. The highest BCUT2D eigenvalue weighted by molar-refractivity contribution is 7.98. The van der Waals surface area contributed by atoms with Crippen molar-refractivity contribution >= 4 is 23.5 Å². The standard InChI is InChI=1S/C10H8ClNO2S/c11-7-1-3-8(4-2-7)15-12-9(13)5-6-10(12)14/h1-6,13-14H. The van der Waals surface area contributed by atoms with Crippen molar-refractivity contribution in [1.29, 1.82) is 0 Å². The van der Waals surface area contributed by atoms with E-state index in [1.165, 1.54) is 28.1 Å². The lowest BCUT2D eigenvalue weighted by Gasteiger charge is -2.05. The molecule has 2 rings (SSSR count). The van der Waals surface area contributed by atoms with Gasteiger partial charge >= 0.3 is 0 Å². The third-order valence-corrected chi connectivity index (χ3v) is 3.10. The minimum Gasteiger partial charge on any atom is -0.494 e. The van der Waals surface area contributed by atoms with Crippen molar-refractivity contribution in [3.05, 3.63) is 41.4 Å². The van der Waals surface area contributed by atoms with Crippen molar-refractivity contribution < 1.29 is 10.2 Å². The number of benzene rings is 1. The highest BCUT2D eigenvalue weighted by atomic mass is 35.5. The molecule has 0 unspecified atom stereocenters. The van der Waals surface area contributed by atoms with Crippen LogP contribution in [0.4, 0.5) is 0 Å². The molecule has 0 amide bonds. The van der Waals surface area contributed by atoms with E-state index in [2.05, 4.69) is 0 Å². The average molecular weight is 242 g/mol. The van der Waals surface area contributed by atoms with Crippen molar-refractivity contribution in [2.24, 2.45) is 0 Å². The van der Waals surface area contributed by atoms with E-state index in [0.717, 1.165) is 4.90 Å². The molecule has 0 bridgehead atoms. The van der Waals surface area contributed by atoms with Crippen molar-refractivity contribution in [3.63, 3.8) is 0 Å². The topological polar surface area (TPSA) is 45.4 Å². The summed E-state index contributed by atoms with van der Waals surface area (Å²) < 4.78 is 1.32. The molecule has 0 saturated heterocycles. The summed E-state index contributed by atoms with van der Waals surface area (Å²) in [5.74, 6) is 0.0138. The molecule has 0 aliphatic rings. The number of rotatable bonds is 2. The molecule has 1 aromatic carbocycles. The second kappa shape index (κ2) is 4.08. The molecule has 0 aliphatic carbocycles. The monoisotopic (exact) mass is 241 g/mol. The number of hydrogen-bond acceptors (Lipinski definition) is 3. The van der Waals surface area contributed by atoms with E-state index < -0.39 is 0 Å². The van der Waals surface area contributed by atoms with E-state index in [1.54, 1.807) is 12.1 Å². The van der Waals surface area contributed by atoms with E-state index in [-0.39, 0.29) is 11.8 Å². The largest absolute Gasteiger partial charge is 0.494 e. The lowest BCUT2D eigenvalue weighted by molar-refractivity contribution is 0.416. The quantitative estimate of drug-likeness (QED) is 0.849. The normalized spacial score (nSPS) is 10.5. The first kappa shape index (κ1) is 10.3. The predicted octanol–water partition coefficient (Wildman–Crippen LogP) is 3.11. The summed E-state index contributed by atoms with van der Waals surface area (Å²) >= 11 is 6.96. The third kappa shape index (κ3) is 2.22. The number of aromatic nitrogens is 1. The first-order chi connectivity index (χ1) is 7.16. The highest BCUT2D eigenvalue weighted by Gasteiger charge is 2.07. The van der Waals surface area contributed by atoms with Gasteiger partial charge in [0, 0.05) is 22.1 Å². The second-order valence-electron chi connectivity index (χ2n) is 2.89.